The molecule has 4 aromatic rings. The molecule has 0 aliphatic rings. The second-order valence-corrected chi connectivity index (χ2v) is 7.15. The number of nitro benzene ring substituents is 1. The molecule has 0 aliphatic heterocycles. The summed E-state index contributed by atoms with van der Waals surface area (Å²) in [5.41, 5.74) is 4.13. The highest BCUT2D eigenvalue weighted by atomic mass is 16.6. The maximum absolute atomic E-state index is 10.9. The fourth-order valence-corrected chi connectivity index (χ4v) is 3.73. The molecule has 0 aliphatic carbocycles. The monoisotopic (exact) mass is 376 g/mol. The lowest BCUT2D eigenvalue weighted by Crippen LogP contribution is -1.99. The first-order valence-electron chi connectivity index (χ1n) is 9.90. The van der Waals surface area contributed by atoms with Crippen LogP contribution in [0.2, 0.25) is 0 Å². The Kier molecular flexibility index (Phi) is 5.10. The third-order valence-corrected chi connectivity index (χ3v) is 5.22. The number of rotatable bonds is 8. The number of aromatic nitrogens is 3. The van der Waals surface area contributed by atoms with E-state index in [1.165, 1.54) is 43.3 Å². The number of imidazole rings is 2. The van der Waals surface area contributed by atoms with E-state index in [0.717, 1.165) is 35.5 Å². The van der Waals surface area contributed by atoms with E-state index >= 15 is 0 Å². The summed E-state index contributed by atoms with van der Waals surface area (Å²) in [7, 11) is 0. The molecule has 0 fully saturated rings. The number of fused-ring (bicyclic) bond motifs is 3. The summed E-state index contributed by atoms with van der Waals surface area (Å²) < 4.78 is 4.41. The average molecular weight is 376 g/mol. The number of nitro groups is 1. The smallest absolute Gasteiger partial charge is 0.269 e. The molecular weight excluding hydrogens is 352 g/mol. The van der Waals surface area contributed by atoms with Gasteiger partial charge in [0.05, 0.1) is 21.7 Å². The zero-order valence-corrected chi connectivity index (χ0v) is 16.0. The fraction of sp³-hybridized carbons (Fsp3) is 0.318. The van der Waals surface area contributed by atoms with Gasteiger partial charge in [0, 0.05) is 30.4 Å². The SMILES string of the molecule is CCCCCCCn1c2ccccc2n2cc(-c3ccc([N+](=O)[O-])cc3)nc12. The summed E-state index contributed by atoms with van der Waals surface area (Å²) in [5.74, 6) is 0.921. The number of nitrogens with zero attached hydrogens (tertiary/aromatic N) is 4. The van der Waals surface area contributed by atoms with E-state index in [1.54, 1.807) is 12.1 Å². The number of aryl methyl sites for hydroxylation is 1. The summed E-state index contributed by atoms with van der Waals surface area (Å²) in [4.78, 5) is 15.4. The first-order valence-corrected chi connectivity index (χ1v) is 9.90. The third-order valence-electron chi connectivity index (χ3n) is 5.22. The quantitative estimate of drug-likeness (QED) is 0.221. The fourth-order valence-electron chi connectivity index (χ4n) is 3.73. The molecule has 0 saturated carbocycles. The molecule has 144 valence electrons. The number of hydrogen-bond acceptors (Lipinski definition) is 3. The van der Waals surface area contributed by atoms with Crippen molar-refractivity contribution in [1.82, 2.24) is 14.0 Å². The first-order chi connectivity index (χ1) is 13.7. The molecule has 0 atom stereocenters. The van der Waals surface area contributed by atoms with Crippen molar-refractivity contribution in [3.63, 3.8) is 0 Å². The highest BCUT2D eigenvalue weighted by Gasteiger charge is 2.15. The van der Waals surface area contributed by atoms with Crippen LogP contribution in [0.3, 0.4) is 0 Å². The molecule has 0 saturated heterocycles. The van der Waals surface area contributed by atoms with Crippen LogP contribution >= 0.6 is 0 Å². The number of non-ortho nitro benzene ring substituents is 1. The van der Waals surface area contributed by atoms with Crippen molar-refractivity contribution in [2.75, 3.05) is 0 Å². The Morgan fingerprint density at radius 1 is 0.964 bits per heavy atom. The molecule has 6 heteroatoms. The molecule has 28 heavy (non-hydrogen) atoms. The lowest BCUT2D eigenvalue weighted by atomic mass is 10.1. The number of unbranched alkanes of at least 4 members (excludes halogenated alkanes) is 4. The first kappa shape index (κ1) is 18.2. The molecular formula is C22H24N4O2. The Morgan fingerprint density at radius 2 is 1.68 bits per heavy atom. The number of para-hydroxylation sites is 2. The molecule has 2 aromatic carbocycles. The van der Waals surface area contributed by atoms with E-state index in [9.17, 15) is 10.1 Å². The molecule has 0 N–H and O–H groups in total. The highest BCUT2D eigenvalue weighted by Crippen LogP contribution is 2.27. The summed E-state index contributed by atoms with van der Waals surface area (Å²) in [6, 6.07) is 14.9. The van der Waals surface area contributed by atoms with Gasteiger partial charge in [-0.3, -0.25) is 14.5 Å². The van der Waals surface area contributed by atoms with Crippen LogP contribution in [0.4, 0.5) is 5.69 Å². The van der Waals surface area contributed by atoms with Crippen LogP contribution in [0.25, 0.3) is 28.1 Å². The second kappa shape index (κ2) is 7.84. The van der Waals surface area contributed by atoms with Crippen LogP contribution in [0, 0.1) is 10.1 Å². The topological polar surface area (TPSA) is 65.4 Å². The minimum absolute atomic E-state index is 0.0922. The maximum Gasteiger partial charge on any atom is 0.269 e. The van der Waals surface area contributed by atoms with E-state index < -0.39 is 0 Å². The minimum atomic E-state index is -0.381. The van der Waals surface area contributed by atoms with Crippen LogP contribution in [-0.2, 0) is 6.54 Å². The van der Waals surface area contributed by atoms with E-state index in [1.807, 2.05) is 12.3 Å². The predicted octanol–water partition coefficient (Wildman–Crippen LogP) is 5.83. The summed E-state index contributed by atoms with van der Waals surface area (Å²) in [5, 5.41) is 10.9. The van der Waals surface area contributed by atoms with Gasteiger partial charge in [0.15, 0.2) is 0 Å². The third kappa shape index (κ3) is 3.38. The minimum Gasteiger partial charge on any atom is -0.310 e. The largest absolute Gasteiger partial charge is 0.310 e. The Balaban J connectivity index is 1.70. The molecule has 0 amide bonds. The van der Waals surface area contributed by atoms with Crippen molar-refractivity contribution in [2.24, 2.45) is 0 Å². The van der Waals surface area contributed by atoms with Gasteiger partial charge in [-0.1, -0.05) is 44.7 Å². The Morgan fingerprint density at radius 3 is 2.39 bits per heavy atom. The van der Waals surface area contributed by atoms with Crippen molar-refractivity contribution in [2.45, 2.75) is 45.6 Å². The van der Waals surface area contributed by atoms with Gasteiger partial charge >= 0.3 is 0 Å². The Hall–Kier alpha value is -3.15. The van der Waals surface area contributed by atoms with Crippen LogP contribution in [0.1, 0.15) is 39.0 Å². The van der Waals surface area contributed by atoms with E-state index in [4.69, 9.17) is 4.98 Å². The lowest BCUT2D eigenvalue weighted by molar-refractivity contribution is -0.384. The van der Waals surface area contributed by atoms with E-state index in [0.29, 0.717) is 0 Å². The van der Waals surface area contributed by atoms with Gasteiger partial charge in [0.25, 0.3) is 5.69 Å². The van der Waals surface area contributed by atoms with Gasteiger partial charge < -0.3 is 4.57 Å². The van der Waals surface area contributed by atoms with Crippen molar-refractivity contribution in [3.05, 3.63) is 64.8 Å². The van der Waals surface area contributed by atoms with Crippen LogP contribution in [-0.4, -0.2) is 18.9 Å². The molecule has 0 radical (unpaired) electrons. The van der Waals surface area contributed by atoms with E-state index in [-0.39, 0.29) is 10.6 Å². The molecule has 2 heterocycles. The zero-order valence-electron chi connectivity index (χ0n) is 16.0. The molecule has 0 spiro atoms. The standard InChI is InChI=1S/C22H24N4O2/c1-2-3-4-5-8-15-24-20-9-6-7-10-21(20)25-16-19(23-22(24)25)17-11-13-18(14-12-17)26(27)28/h6-7,9-14,16H,2-5,8,15H2,1H3. The number of hydrogen-bond donors (Lipinski definition) is 0. The molecule has 4 rings (SSSR count). The molecule has 0 bridgehead atoms. The molecule has 6 nitrogen and oxygen atoms in total. The van der Waals surface area contributed by atoms with Gasteiger partial charge in [-0.25, -0.2) is 4.98 Å². The van der Waals surface area contributed by atoms with Gasteiger partial charge in [-0.2, -0.15) is 0 Å². The van der Waals surface area contributed by atoms with Crippen LogP contribution in [0.5, 0.6) is 0 Å². The van der Waals surface area contributed by atoms with Crippen LogP contribution in [0.15, 0.2) is 54.7 Å². The van der Waals surface area contributed by atoms with Gasteiger partial charge in [0.1, 0.15) is 0 Å². The Bertz CT molecular complexity index is 1110. The van der Waals surface area contributed by atoms with Gasteiger partial charge in [-0.15, -0.1) is 0 Å². The summed E-state index contributed by atoms with van der Waals surface area (Å²) in [6.07, 6.45) is 8.18. The zero-order chi connectivity index (χ0) is 19.5. The highest BCUT2D eigenvalue weighted by molar-refractivity contribution is 5.82. The van der Waals surface area contributed by atoms with Gasteiger partial charge in [-0.05, 0) is 30.7 Å². The predicted molar refractivity (Wildman–Crippen MR) is 112 cm³/mol. The summed E-state index contributed by atoms with van der Waals surface area (Å²) in [6.45, 7) is 3.17. The maximum atomic E-state index is 10.9. The Labute approximate surface area is 163 Å². The van der Waals surface area contributed by atoms with Crippen molar-refractivity contribution in [3.8, 4) is 11.3 Å². The van der Waals surface area contributed by atoms with Crippen LogP contribution < -0.4 is 0 Å². The van der Waals surface area contributed by atoms with E-state index in [2.05, 4.69) is 34.1 Å². The van der Waals surface area contributed by atoms with Gasteiger partial charge in [0.2, 0.25) is 5.78 Å². The summed E-state index contributed by atoms with van der Waals surface area (Å²) >= 11 is 0. The molecule has 2 aromatic heterocycles. The molecule has 0 unspecified atom stereocenters. The van der Waals surface area contributed by atoms with Crippen molar-refractivity contribution >= 4 is 22.5 Å². The average Bonchev–Trinajstić information content (AvgIpc) is 3.26. The number of benzene rings is 2. The second-order valence-electron chi connectivity index (χ2n) is 7.15. The van der Waals surface area contributed by atoms with Crippen molar-refractivity contribution < 1.29 is 4.92 Å². The van der Waals surface area contributed by atoms with Crippen molar-refractivity contribution in [1.29, 1.82) is 0 Å². The lowest BCUT2D eigenvalue weighted by Gasteiger charge is -2.05. The normalized spacial score (nSPS) is 11.5.